The van der Waals surface area contributed by atoms with Crippen LogP contribution in [0.2, 0.25) is 0 Å². The molecule has 3 fully saturated rings. The Morgan fingerprint density at radius 2 is 1.66 bits per heavy atom. The van der Waals surface area contributed by atoms with Crippen molar-refractivity contribution in [2.45, 2.75) is 111 Å². The van der Waals surface area contributed by atoms with E-state index in [4.69, 9.17) is 17.4 Å². The Morgan fingerprint density at radius 3 is 2.23 bits per heavy atom. The smallest absolute Gasteiger partial charge is 0.0930 e. The summed E-state index contributed by atoms with van der Waals surface area (Å²) in [6.07, 6.45) is 17.3. The molecule has 0 bridgehead atoms. The molecule has 2 aromatic carbocycles. The van der Waals surface area contributed by atoms with Crippen molar-refractivity contribution in [3.05, 3.63) is 137 Å². The number of piperazine rings is 1. The van der Waals surface area contributed by atoms with Gasteiger partial charge in [0, 0.05) is 74.7 Å². The van der Waals surface area contributed by atoms with E-state index in [-0.39, 0.29) is 4.58 Å². The van der Waals surface area contributed by atoms with Gasteiger partial charge in [-0.1, -0.05) is 77.8 Å². The molecule has 3 saturated heterocycles. The SMILES string of the molecule is C=C1CCC(C)C(=C)N1.C=CN\C=C(C(/C=C(\C)OC)=C(/CC)C(S)SC)\c1cc(C)c(CN2CCN(CCC3CCN(c4ccc(CC)c(C(=C)C)c4)CC3)CC2)c(CC)c1. The van der Waals surface area contributed by atoms with Gasteiger partial charge in [-0.2, -0.15) is 12.6 Å². The van der Waals surface area contributed by atoms with E-state index in [9.17, 15) is 0 Å². The van der Waals surface area contributed by atoms with Crippen LogP contribution in [0.4, 0.5) is 5.69 Å². The molecule has 0 radical (unpaired) electrons. The van der Waals surface area contributed by atoms with Gasteiger partial charge in [0.15, 0.2) is 0 Å². The number of rotatable bonds is 18. The number of thioether (sulfide) groups is 1. The number of benzene rings is 2. The minimum Gasteiger partial charge on any atom is -0.501 e. The Bertz CT molecular complexity index is 1930. The monoisotopic (exact) mass is 880 g/mol. The van der Waals surface area contributed by atoms with Crippen LogP contribution in [0.5, 0.6) is 0 Å². The number of aryl methyl sites for hydroxylation is 3. The lowest BCUT2D eigenvalue weighted by molar-refractivity contribution is 0.119. The van der Waals surface area contributed by atoms with Crippen LogP contribution >= 0.6 is 24.4 Å². The summed E-state index contributed by atoms with van der Waals surface area (Å²) in [4.78, 5) is 7.98. The molecule has 3 aliphatic heterocycles. The number of hydrogen-bond acceptors (Lipinski definition) is 8. The third-order valence-corrected chi connectivity index (χ3v) is 14.9. The third-order valence-electron chi connectivity index (χ3n) is 13.2. The molecule has 0 amide bonds. The molecule has 2 unspecified atom stereocenters. The van der Waals surface area contributed by atoms with Crippen molar-refractivity contribution >= 4 is 41.2 Å². The van der Waals surface area contributed by atoms with Crippen LogP contribution in [0.3, 0.4) is 0 Å². The fraction of sp³-hybridized carbons (Fsp3) is 0.519. The van der Waals surface area contributed by atoms with Gasteiger partial charge in [-0.25, -0.2) is 0 Å². The van der Waals surface area contributed by atoms with Crippen LogP contribution in [-0.4, -0.2) is 73.6 Å². The first-order valence-electron chi connectivity index (χ1n) is 23.2. The van der Waals surface area contributed by atoms with Gasteiger partial charge in [0.2, 0.25) is 0 Å². The highest BCUT2D eigenvalue weighted by Gasteiger charge is 2.24. The Kier molecular flexibility index (Phi) is 21.1. The molecule has 2 N–H and O–H groups in total. The van der Waals surface area contributed by atoms with Gasteiger partial charge in [0.25, 0.3) is 0 Å². The van der Waals surface area contributed by atoms with Crippen LogP contribution in [0.15, 0.2) is 103 Å². The molecule has 3 aliphatic rings. The first kappa shape index (κ1) is 51.1. The van der Waals surface area contributed by atoms with E-state index in [0.29, 0.717) is 5.92 Å². The average molecular weight is 880 g/mol. The maximum atomic E-state index is 5.65. The number of thiol groups is 1. The Labute approximate surface area is 388 Å². The normalized spacial score (nSPS) is 19.3. The molecule has 0 aliphatic carbocycles. The number of allylic oxidation sites excluding steroid dienone is 7. The maximum absolute atomic E-state index is 5.65. The van der Waals surface area contributed by atoms with Gasteiger partial charge in [0.1, 0.15) is 0 Å². The van der Waals surface area contributed by atoms with Gasteiger partial charge in [-0.3, -0.25) is 4.90 Å². The van der Waals surface area contributed by atoms with E-state index >= 15 is 0 Å². The van der Waals surface area contributed by atoms with Crippen LogP contribution in [0.1, 0.15) is 113 Å². The number of nitrogens with zero attached hydrogens (tertiary/aromatic N) is 3. The lowest BCUT2D eigenvalue weighted by Gasteiger charge is -2.37. The highest BCUT2D eigenvalue weighted by atomic mass is 32.2. The lowest BCUT2D eigenvalue weighted by atomic mass is 9.88. The molecule has 0 saturated carbocycles. The van der Waals surface area contributed by atoms with E-state index in [1.165, 1.54) is 82.4 Å². The highest BCUT2D eigenvalue weighted by Crippen LogP contribution is 2.37. The van der Waals surface area contributed by atoms with E-state index in [0.717, 1.165) is 106 Å². The van der Waals surface area contributed by atoms with Crippen molar-refractivity contribution in [2.75, 3.05) is 64.1 Å². The maximum Gasteiger partial charge on any atom is 0.0930 e. The zero-order valence-corrected chi connectivity index (χ0v) is 41.8. The lowest BCUT2D eigenvalue weighted by Crippen LogP contribution is -2.46. The second-order valence-electron chi connectivity index (χ2n) is 17.6. The molecule has 2 atom stereocenters. The Hall–Kier alpha value is -3.56. The summed E-state index contributed by atoms with van der Waals surface area (Å²) in [5.74, 6) is 2.32. The van der Waals surface area contributed by atoms with Crippen molar-refractivity contribution in [1.29, 1.82) is 0 Å². The summed E-state index contributed by atoms with van der Waals surface area (Å²) in [7, 11) is 1.73. The largest absolute Gasteiger partial charge is 0.501 e. The Balaban J connectivity index is 0.000000831. The predicted molar refractivity (Wildman–Crippen MR) is 278 cm³/mol. The van der Waals surface area contributed by atoms with Gasteiger partial charge in [-0.15, -0.1) is 11.8 Å². The zero-order chi connectivity index (χ0) is 45.3. The molecule has 62 heavy (non-hydrogen) atoms. The number of hydrogen-bond donors (Lipinski definition) is 3. The summed E-state index contributed by atoms with van der Waals surface area (Å²) in [5, 5.41) is 6.43. The van der Waals surface area contributed by atoms with E-state index in [1.807, 2.05) is 6.92 Å². The number of methoxy groups -OCH3 is 1. The van der Waals surface area contributed by atoms with E-state index in [2.05, 4.69) is 142 Å². The third kappa shape index (κ3) is 14.5. The average Bonchev–Trinajstić information content (AvgIpc) is 3.28. The number of nitrogens with one attached hydrogen (secondary N) is 2. The molecule has 340 valence electrons. The quantitative estimate of drug-likeness (QED) is 0.0597. The first-order valence-corrected chi connectivity index (χ1v) is 25.1. The molecule has 5 rings (SSSR count). The summed E-state index contributed by atoms with van der Waals surface area (Å²) < 4.78 is 5.74. The molecule has 0 aromatic heterocycles. The van der Waals surface area contributed by atoms with Gasteiger partial charge >= 0.3 is 0 Å². The molecular formula is C54H81N5OS2. The molecular weight excluding hydrogens is 799 g/mol. The standard InChI is InChI=1S/C46H68N4OS2.C8H13N/c1-11-37-15-16-40(30-42(37)33(5)6)50-21-18-36(19-22-50)17-20-48-23-25-49(26-24-48)32-45-34(7)27-39(29-38(45)12-2)44(31-47-14-4)43(28-35(8)51-9)41(13-3)46(52)53-10;1-6-4-5-7(2)9-8(6)3/h14-16,27-31,36,46-47,52H,4-5,11-13,17-26,32H2,1-3,6-10H3;6,9H,2-5H2,1H3/b35-28+,43-41-,44-31-;. The fourth-order valence-corrected chi connectivity index (χ4v) is 9.88. The molecule has 2 aromatic rings. The minimum absolute atomic E-state index is 0.0882. The van der Waals surface area contributed by atoms with Gasteiger partial charge in [-0.05, 0) is 166 Å². The predicted octanol–water partition coefficient (Wildman–Crippen LogP) is 12.6. The van der Waals surface area contributed by atoms with Crippen molar-refractivity contribution < 1.29 is 4.74 Å². The van der Waals surface area contributed by atoms with Crippen molar-refractivity contribution in [1.82, 2.24) is 20.4 Å². The summed E-state index contributed by atoms with van der Waals surface area (Å²) in [5.41, 5.74) is 16.5. The molecule has 6 nitrogen and oxygen atoms in total. The second kappa shape index (κ2) is 25.7. The van der Waals surface area contributed by atoms with E-state index < -0.39 is 0 Å². The summed E-state index contributed by atoms with van der Waals surface area (Å²) in [6.45, 7) is 40.4. The zero-order valence-electron chi connectivity index (χ0n) is 40.1. The molecule has 0 spiro atoms. The minimum atomic E-state index is 0.0882. The van der Waals surface area contributed by atoms with Gasteiger partial charge in [0.05, 0.1) is 17.5 Å². The topological polar surface area (TPSA) is 43.0 Å². The van der Waals surface area contributed by atoms with Crippen molar-refractivity contribution in [2.24, 2.45) is 11.8 Å². The fourth-order valence-electron chi connectivity index (χ4n) is 8.98. The van der Waals surface area contributed by atoms with Crippen LogP contribution in [0.25, 0.3) is 11.1 Å². The van der Waals surface area contributed by atoms with E-state index in [1.54, 1.807) is 25.1 Å². The summed E-state index contributed by atoms with van der Waals surface area (Å²) >= 11 is 6.73. The van der Waals surface area contributed by atoms with Gasteiger partial charge < -0.3 is 25.2 Å². The molecule has 3 heterocycles. The number of ether oxygens (including phenoxy) is 1. The Morgan fingerprint density at radius 1 is 0.984 bits per heavy atom. The van der Waals surface area contributed by atoms with Crippen LogP contribution in [0, 0.1) is 18.8 Å². The number of anilines is 1. The summed E-state index contributed by atoms with van der Waals surface area (Å²) in [6, 6.07) is 11.8. The second-order valence-corrected chi connectivity index (χ2v) is 19.4. The highest BCUT2D eigenvalue weighted by molar-refractivity contribution is 8.10. The first-order chi connectivity index (χ1) is 29.8. The van der Waals surface area contributed by atoms with Crippen LogP contribution in [-0.2, 0) is 24.1 Å². The van der Waals surface area contributed by atoms with Crippen LogP contribution < -0.4 is 15.5 Å². The van der Waals surface area contributed by atoms with Crippen molar-refractivity contribution in [3.8, 4) is 0 Å². The molecule has 8 heteroatoms. The van der Waals surface area contributed by atoms with Crippen molar-refractivity contribution in [3.63, 3.8) is 0 Å². The number of piperidine rings is 2.